The molecule has 0 bridgehead atoms. The zero-order valence-electron chi connectivity index (χ0n) is 13.1. The highest BCUT2D eigenvalue weighted by molar-refractivity contribution is 5.95. The molecule has 1 aliphatic rings. The van der Waals surface area contributed by atoms with E-state index in [9.17, 15) is 14.9 Å². The molecule has 1 saturated carbocycles. The molecule has 6 nitrogen and oxygen atoms in total. The van der Waals surface area contributed by atoms with Gasteiger partial charge in [0.15, 0.2) is 5.75 Å². The Kier molecular flexibility index (Phi) is 5.35. The maximum absolute atomic E-state index is 12.6. The number of hydrogen-bond acceptors (Lipinski definition) is 4. The molecule has 0 N–H and O–H groups in total. The molecular formula is C16H22N2O4. The van der Waals surface area contributed by atoms with E-state index < -0.39 is 4.92 Å². The van der Waals surface area contributed by atoms with Crippen molar-refractivity contribution in [1.82, 2.24) is 4.90 Å². The van der Waals surface area contributed by atoms with Crippen LogP contribution in [-0.2, 0) is 0 Å². The molecule has 22 heavy (non-hydrogen) atoms. The first-order chi connectivity index (χ1) is 10.5. The second kappa shape index (κ2) is 7.24. The minimum Gasteiger partial charge on any atom is -0.487 e. The first-order valence-electron chi connectivity index (χ1n) is 7.73. The highest BCUT2D eigenvalue weighted by atomic mass is 16.6. The van der Waals surface area contributed by atoms with Crippen molar-refractivity contribution >= 4 is 11.6 Å². The van der Waals surface area contributed by atoms with E-state index in [0.29, 0.717) is 12.2 Å². The van der Waals surface area contributed by atoms with Gasteiger partial charge in [-0.05, 0) is 31.9 Å². The fraction of sp³-hybridized carbons (Fsp3) is 0.562. The molecule has 0 radical (unpaired) electrons. The van der Waals surface area contributed by atoms with Crippen LogP contribution in [0, 0.1) is 10.1 Å². The summed E-state index contributed by atoms with van der Waals surface area (Å²) in [6.45, 7) is 2.11. The van der Waals surface area contributed by atoms with E-state index in [1.165, 1.54) is 18.6 Å². The van der Waals surface area contributed by atoms with Crippen molar-refractivity contribution in [3.05, 3.63) is 33.9 Å². The highest BCUT2D eigenvalue weighted by Crippen LogP contribution is 2.29. The van der Waals surface area contributed by atoms with Gasteiger partial charge in [-0.3, -0.25) is 14.9 Å². The zero-order valence-corrected chi connectivity index (χ0v) is 13.1. The van der Waals surface area contributed by atoms with Gasteiger partial charge in [0.25, 0.3) is 5.91 Å². The minimum atomic E-state index is -0.512. The van der Waals surface area contributed by atoms with Gasteiger partial charge in [-0.1, -0.05) is 19.3 Å². The van der Waals surface area contributed by atoms with Crippen LogP contribution in [-0.4, -0.2) is 35.4 Å². The first-order valence-corrected chi connectivity index (χ1v) is 7.73. The normalized spacial score (nSPS) is 15.4. The van der Waals surface area contributed by atoms with Crippen LogP contribution in [0.2, 0.25) is 0 Å². The van der Waals surface area contributed by atoms with Crippen LogP contribution in [0.1, 0.15) is 49.4 Å². The summed E-state index contributed by atoms with van der Waals surface area (Å²) in [6.07, 6.45) is 5.48. The average Bonchev–Trinajstić information content (AvgIpc) is 2.54. The summed E-state index contributed by atoms with van der Waals surface area (Å²) in [5.41, 5.74) is 0.174. The largest absolute Gasteiger partial charge is 0.487 e. The van der Waals surface area contributed by atoms with Gasteiger partial charge in [0.05, 0.1) is 11.5 Å². The quantitative estimate of drug-likeness (QED) is 0.617. The standard InChI is InChI=1S/C16H22N2O4/c1-3-22-15-10-9-12(11-14(15)18(20)21)16(19)17(2)13-7-5-4-6-8-13/h9-11,13H,3-8H2,1-2H3. The second-order valence-corrected chi connectivity index (χ2v) is 5.58. The Hall–Kier alpha value is -2.11. The molecule has 6 heteroatoms. The van der Waals surface area contributed by atoms with Crippen LogP contribution in [0.4, 0.5) is 5.69 Å². The van der Waals surface area contributed by atoms with Crippen LogP contribution in [0.25, 0.3) is 0 Å². The Morgan fingerprint density at radius 3 is 2.64 bits per heavy atom. The van der Waals surface area contributed by atoms with E-state index in [0.717, 1.165) is 25.7 Å². The number of rotatable bonds is 5. The van der Waals surface area contributed by atoms with Crippen LogP contribution in [0.3, 0.4) is 0 Å². The lowest BCUT2D eigenvalue weighted by atomic mass is 9.94. The topological polar surface area (TPSA) is 72.7 Å². The van der Waals surface area contributed by atoms with Crippen molar-refractivity contribution in [2.45, 2.75) is 45.1 Å². The Labute approximate surface area is 130 Å². The molecule has 0 aliphatic heterocycles. The van der Waals surface area contributed by atoms with Crippen molar-refractivity contribution < 1.29 is 14.5 Å². The van der Waals surface area contributed by atoms with E-state index >= 15 is 0 Å². The first kappa shape index (κ1) is 16.3. The minimum absolute atomic E-state index is 0.162. The summed E-state index contributed by atoms with van der Waals surface area (Å²) in [6, 6.07) is 4.64. The summed E-state index contributed by atoms with van der Waals surface area (Å²) >= 11 is 0. The van der Waals surface area contributed by atoms with Crippen LogP contribution < -0.4 is 4.74 Å². The van der Waals surface area contributed by atoms with Crippen LogP contribution in [0.5, 0.6) is 5.75 Å². The fourth-order valence-corrected chi connectivity index (χ4v) is 2.91. The molecular weight excluding hydrogens is 284 g/mol. The lowest BCUT2D eigenvalue weighted by Crippen LogP contribution is -2.38. The number of nitro groups is 1. The summed E-state index contributed by atoms with van der Waals surface area (Å²) in [5.74, 6) is 0.0300. The Balaban J connectivity index is 2.21. The van der Waals surface area contributed by atoms with E-state index in [1.54, 1.807) is 24.9 Å². The van der Waals surface area contributed by atoms with Crippen molar-refractivity contribution in [2.75, 3.05) is 13.7 Å². The molecule has 120 valence electrons. The summed E-state index contributed by atoms with van der Waals surface area (Å²) in [4.78, 5) is 24.9. The SMILES string of the molecule is CCOc1ccc(C(=O)N(C)C2CCCCC2)cc1[N+](=O)[O-]. The van der Waals surface area contributed by atoms with Gasteiger partial charge in [0.2, 0.25) is 0 Å². The van der Waals surface area contributed by atoms with E-state index in [4.69, 9.17) is 4.74 Å². The zero-order chi connectivity index (χ0) is 16.1. The predicted molar refractivity (Wildman–Crippen MR) is 83.2 cm³/mol. The van der Waals surface area contributed by atoms with Gasteiger partial charge >= 0.3 is 5.69 Å². The maximum Gasteiger partial charge on any atom is 0.311 e. The second-order valence-electron chi connectivity index (χ2n) is 5.58. The Morgan fingerprint density at radius 2 is 2.05 bits per heavy atom. The molecule has 1 aliphatic carbocycles. The highest BCUT2D eigenvalue weighted by Gasteiger charge is 2.25. The Bertz CT molecular complexity index is 553. The van der Waals surface area contributed by atoms with Crippen LogP contribution in [0.15, 0.2) is 18.2 Å². The van der Waals surface area contributed by atoms with Gasteiger partial charge < -0.3 is 9.64 Å². The van der Waals surface area contributed by atoms with Crippen molar-refractivity contribution in [1.29, 1.82) is 0 Å². The molecule has 1 amide bonds. The monoisotopic (exact) mass is 306 g/mol. The van der Waals surface area contributed by atoms with Gasteiger partial charge in [-0.2, -0.15) is 0 Å². The number of nitro benzene ring substituents is 1. The maximum atomic E-state index is 12.6. The van der Waals surface area contributed by atoms with E-state index in [1.807, 2.05) is 0 Å². The molecule has 2 rings (SSSR count). The molecule has 0 spiro atoms. The number of nitrogens with zero attached hydrogens (tertiary/aromatic N) is 2. The molecule has 0 aromatic heterocycles. The Morgan fingerprint density at radius 1 is 1.36 bits per heavy atom. The third-order valence-corrected chi connectivity index (χ3v) is 4.15. The molecule has 0 heterocycles. The van der Waals surface area contributed by atoms with Gasteiger partial charge in [-0.25, -0.2) is 0 Å². The van der Waals surface area contributed by atoms with Crippen molar-refractivity contribution in [2.24, 2.45) is 0 Å². The molecule has 1 aromatic carbocycles. The third kappa shape index (κ3) is 3.55. The number of carbonyl (C=O) groups excluding carboxylic acids is 1. The lowest BCUT2D eigenvalue weighted by Gasteiger charge is -2.31. The number of amides is 1. The number of hydrogen-bond donors (Lipinski definition) is 0. The molecule has 1 fully saturated rings. The molecule has 0 atom stereocenters. The van der Waals surface area contributed by atoms with Gasteiger partial charge in [0.1, 0.15) is 0 Å². The van der Waals surface area contributed by atoms with Gasteiger partial charge in [-0.15, -0.1) is 0 Å². The van der Waals surface area contributed by atoms with Crippen LogP contribution >= 0.6 is 0 Å². The number of carbonyl (C=O) groups is 1. The third-order valence-electron chi connectivity index (χ3n) is 4.15. The fourth-order valence-electron chi connectivity index (χ4n) is 2.91. The lowest BCUT2D eigenvalue weighted by molar-refractivity contribution is -0.385. The molecule has 0 unspecified atom stereocenters. The molecule has 1 aromatic rings. The predicted octanol–water partition coefficient (Wildman–Crippen LogP) is 3.40. The number of ether oxygens (including phenoxy) is 1. The van der Waals surface area contributed by atoms with E-state index in [2.05, 4.69) is 0 Å². The van der Waals surface area contributed by atoms with Gasteiger partial charge in [0, 0.05) is 24.7 Å². The summed E-state index contributed by atoms with van der Waals surface area (Å²) in [5, 5.41) is 11.1. The smallest absolute Gasteiger partial charge is 0.311 e. The summed E-state index contributed by atoms with van der Waals surface area (Å²) < 4.78 is 5.24. The van der Waals surface area contributed by atoms with Crippen molar-refractivity contribution in [3.8, 4) is 5.75 Å². The van der Waals surface area contributed by atoms with E-state index in [-0.39, 0.29) is 23.4 Å². The average molecular weight is 306 g/mol. The molecule has 0 saturated heterocycles. The summed E-state index contributed by atoms with van der Waals surface area (Å²) in [7, 11) is 1.78. The van der Waals surface area contributed by atoms with Crippen molar-refractivity contribution in [3.63, 3.8) is 0 Å². The number of benzene rings is 1.